The molecule has 0 spiro atoms. The van der Waals surface area contributed by atoms with Crippen LogP contribution in [0.1, 0.15) is 54.8 Å². The SMILES string of the molecule is COC(=O)c1ccc(CC2CCN(C)CC2)s1.COC(=O)c1ccc(CC2CCNCC2)s1. The molecule has 0 aliphatic carbocycles. The molecule has 2 saturated heterocycles. The van der Waals surface area contributed by atoms with Crippen LogP contribution in [0, 0.1) is 11.8 Å². The maximum Gasteiger partial charge on any atom is 0.348 e. The van der Waals surface area contributed by atoms with Crippen LogP contribution in [0.4, 0.5) is 0 Å². The Bertz CT molecular complexity index is 881. The fraction of sp³-hybridized carbons (Fsp3) is 0.600. The summed E-state index contributed by atoms with van der Waals surface area (Å²) in [6.45, 7) is 4.64. The third-order valence-electron chi connectivity index (χ3n) is 6.37. The van der Waals surface area contributed by atoms with Crippen molar-refractivity contribution in [2.24, 2.45) is 11.8 Å². The Kier molecular flexibility index (Phi) is 10.4. The Labute approximate surface area is 205 Å². The minimum atomic E-state index is -0.221. The molecule has 2 aliphatic rings. The number of likely N-dealkylation sites (tertiary alicyclic amines) is 1. The highest BCUT2D eigenvalue weighted by atomic mass is 32.1. The summed E-state index contributed by atoms with van der Waals surface area (Å²) in [6, 6.07) is 7.86. The predicted octanol–water partition coefficient (Wildman–Crippen LogP) is 4.50. The van der Waals surface area contributed by atoms with Crippen molar-refractivity contribution in [2.75, 3.05) is 47.4 Å². The summed E-state index contributed by atoms with van der Waals surface area (Å²) in [4.78, 5) is 29.1. The van der Waals surface area contributed by atoms with E-state index in [1.807, 2.05) is 12.1 Å². The lowest BCUT2D eigenvalue weighted by Crippen LogP contribution is -2.30. The van der Waals surface area contributed by atoms with E-state index in [0.29, 0.717) is 4.88 Å². The lowest BCUT2D eigenvalue weighted by Gasteiger charge is -2.28. The van der Waals surface area contributed by atoms with Crippen LogP contribution < -0.4 is 5.32 Å². The number of methoxy groups -OCH3 is 2. The van der Waals surface area contributed by atoms with E-state index in [4.69, 9.17) is 9.47 Å². The first-order valence-electron chi connectivity index (χ1n) is 11.7. The van der Waals surface area contributed by atoms with Crippen LogP contribution in [0.5, 0.6) is 0 Å². The first-order valence-corrected chi connectivity index (χ1v) is 13.3. The minimum Gasteiger partial charge on any atom is -0.465 e. The molecule has 0 unspecified atom stereocenters. The molecule has 8 heteroatoms. The third-order valence-corrected chi connectivity index (χ3v) is 8.55. The molecule has 0 radical (unpaired) electrons. The fourth-order valence-corrected chi connectivity index (χ4v) is 6.40. The van der Waals surface area contributed by atoms with Crippen LogP contribution in [-0.2, 0) is 22.3 Å². The lowest BCUT2D eigenvalue weighted by atomic mass is 9.93. The monoisotopic (exact) mass is 492 g/mol. The van der Waals surface area contributed by atoms with E-state index in [0.717, 1.165) is 42.6 Å². The average Bonchev–Trinajstić information content (AvgIpc) is 3.50. The lowest BCUT2D eigenvalue weighted by molar-refractivity contribution is 0.0597. The molecular weight excluding hydrogens is 456 g/mol. The van der Waals surface area contributed by atoms with E-state index >= 15 is 0 Å². The summed E-state index contributed by atoms with van der Waals surface area (Å²) in [6.07, 6.45) is 7.22. The van der Waals surface area contributed by atoms with Gasteiger partial charge >= 0.3 is 11.9 Å². The van der Waals surface area contributed by atoms with Gasteiger partial charge in [-0.15, -0.1) is 22.7 Å². The topological polar surface area (TPSA) is 67.9 Å². The van der Waals surface area contributed by atoms with E-state index in [1.165, 1.54) is 62.7 Å². The molecule has 182 valence electrons. The zero-order chi connectivity index (χ0) is 23.6. The summed E-state index contributed by atoms with van der Waals surface area (Å²) < 4.78 is 9.42. The van der Waals surface area contributed by atoms with Gasteiger partial charge < -0.3 is 19.7 Å². The molecule has 2 aromatic rings. The number of ether oxygens (including phenoxy) is 2. The van der Waals surface area contributed by atoms with E-state index in [2.05, 4.69) is 29.4 Å². The summed E-state index contributed by atoms with van der Waals surface area (Å²) in [5, 5.41) is 3.36. The number of thiophene rings is 2. The number of rotatable bonds is 6. The molecule has 2 aromatic heterocycles. The number of piperidine rings is 2. The van der Waals surface area contributed by atoms with Crippen LogP contribution in [0.3, 0.4) is 0 Å². The molecule has 2 aliphatic heterocycles. The number of hydrogen-bond donors (Lipinski definition) is 1. The molecule has 0 aromatic carbocycles. The van der Waals surface area contributed by atoms with Crippen molar-refractivity contribution >= 4 is 34.6 Å². The molecule has 0 saturated carbocycles. The molecular formula is C25H36N2O4S2. The van der Waals surface area contributed by atoms with Gasteiger partial charge in [-0.3, -0.25) is 0 Å². The smallest absolute Gasteiger partial charge is 0.348 e. The number of esters is 2. The van der Waals surface area contributed by atoms with Gasteiger partial charge in [-0.1, -0.05) is 0 Å². The molecule has 1 N–H and O–H groups in total. The fourth-order valence-electron chi connectivity index (χ4n) is 4.32. The van der Waals surface area contributed by atoms with Crippen molar-refractivity contribution in [3.05, 3.63) is 43.8 Å². The predicted molar refractivity (Wildman–Crippen MR) is 135 cm³/mol. The summed E-state index contributed by atoms with van der Waals surface area (Å²) in [7, 11) is 5.03. The van der Waals surface area contributed by atoms with Crippen molar-refractivity contribution < 1.29 is 19.1 Å². The van der Waals surface area contributed by atoms with E-state index in [-0.39, 0.29) is 11.9 Å². The van der Waals surface area contributed by atoms with E-state index in [1.54, 1.807) is 22.7 Å². The Morgan fingerprint density at radius 2 is 1.30 bits per heavy atom. The molecule has 33 heavy (non-hydrogen) atoms. The van der Waals surface area contributed by atoms with Crippen LogP contribution in [-0.4, -0.2) is 64.3 Å². The van der Waals surface area contributed by atoms with Crippen molar-refractivity contribution in [2.45, 2.75) is 38.5 Å². The number of nitrogens with one attached hydrogen (secondary N) is 1. The molecule has 4 heterocycles. The first kappa shape index (κ1) is 25.9. The number of nitrogens with zero attached hydrogens (tertiary/aromatic N) is 1. The summed E-state index contributed by atoms with van der Waals surface area (Å²) >= 11 is 3.14. The molecule has 0 bridgehead atoms. The Morgan fingerprint density at radius 1 is 0.848 bits per heavy atom. The van der Waals surface area contributed by atoms with Gasteiger partial charge in [0.05, 0.1) is 14.2 Å². The largest absolute Gasteiger partial charge is 0.465 e. The standard InChI is InChI=1S/C13H19NO2S.C12H17NO2S/c1-14-7-5-10(6-8-14)9-11-3-4-12(17-11)13(15)16-2;1-15-12(14)11-3-2-10(16-11)8-9-4-6-13-7-5-9/h3-4,10H,5-9H2,1-2H3;2-3,9,13H,4-8H2,1H3. The maximum atomic E-state index is 11.3. The van der Waals surface area contributed by atoms with Gasteiger partial charge in [0.15, 0.2) is 0 Å². The van der Waals surface area contributed by atoms with Crippen LogP contribution >= 0.6 is 22.7 Å². The molecule has 6 nitrogen and oxygen atoms in total. The van der Waals surface area contributed by atoms with Crippen molar-refractivity contribution in [3.8, 4) is 0 Å². The van der Waals surface area contributed by atoms with Crippen molar-refractivity contribution in [1.82, 2.24) is 10.2 Å². The quantitative estimate of drug-likeness (QED) is 0.599. The van der Waals surface area contributed by atoms with Gasteiger partial charge in [-0.2, -0.15) is 0 Å². The summed E-state index contributed by atoms with van der Waals surface area (Å²) in [5.41, 5.74) is 0. The second kappa shape index (κ2) is 13.2. The van der Waals surface area contributed by atoms with Gasteiger partial charge in [-0.25, -0.2) is 9.59 Å². The van der Waals surface area contributed by atoms with Crippen molar-refractivity contribution in [3.63, 3.8) is 0 Å². The molecule has 4 rings (SSSR count). The summed E-state index contributed by atoms with van der Waals surface area (Å²) in [5.74, 6) is 1.10. The van der Waals surface area contributed by atoms with E-state index < -0.39 is 0 Å². The number of hydrogen-bond acceptors (Lipinski definition) is 8. The highest BCUT2D eigenvalue weighted by molar-refractivity contribution is 7.14. The third kappa shape index (κ3) is 8.21. The normalized spacial score (nSPS) is 17.8. The highest BCUT2D eigenvalue weighted by Gasteiger charge is 2.19. The minimum absolute atomic E-state index is 0.218. The highest BCUT2D eigenvalue weighted by Crippen LogP contribution is 2.26. The zero-order valence-electron chi connectivity index (χ0n) is 19.9. The number of carbonyl (C=O) groups excluding carboxylic acids is 2. The van der Waals surface area contributed by atoms with E-state index in [9.17, 15) is 9.59 Å². The second-order valence-corrected chi connectivity index (χ2v) is 11.2. The van der Waals surface area contributed by atoms with Gasteiger partial charge in [0.2, 0.25) is 0 Å². The molecule has 0 atom stereocenters. The van der Waals surface area contributed by atoms with Crippen LogP contribution in [0.15, 0.2) is 24.3 Å². The van der Waals surface area contributed by atoms with Gasteiger partial charge in [0.25, 0.3) is 0 Å². The zero-order valence-corrected chi connectivity index (χ0v) is 21.6. The Morgan fingerprint density at radius 3 is 1.76 bits per heavy atom. The second-order valence-electron chi connectivity index (χ2n) is 8.86. The number of carbonyl (C=O) groups is 2. The van der Waals surface area contributed by atoms with Gasteiger partial charge in [-0.05, 0) is 108 Å². The van der Waals surface area contributed by atoms with Crippen LogP contribution in [0.2, 0.25) is 0 Å². The Balaban J connectivity index is 0.000000186. The molecule has 2 fully saturated rings. The van der Waals surface area contributed by atoms with Crippen molar-refractivity contribution in [1.29, 1.82) is 0 Å². The van der Waals surface area contributed by atoms with Gasteiger partial charge in [0.1, 0.15) is 9.75 Å². The van der Waals surface area contributed by atoms with Crippen LogP contribution in [0.25, 0.3) is 0 Å². The molecule has 0 amide bonds. The van der Waals surface area contributed by atoms with Gasteiger partial charge in [0, 0.05) is 9.75 Å². The maximum absolute atomic E-state index is 11.3. The first-order chi connectivity index (χ1) is 16.0. The average molecular weight is 493 g/mol. The Hall–Kier alpha value is -1.74.